The van der Waals surface area contributed by atoms with E-state index in [1.807, 2.05) is 0 Å². The minimum atomic E-state index is -4.46. The second-order valence-electron chi connectivity index (χ2n) is 5.75. The Kier molecular flexibility index (Phi) is 4.89. The van der Waals surface area contributed by atoms with E-state index in [0.717, 1.165) is 29.7 Å². The van der Waals surface area contributed by atoms with Crippen LogP contribution in [-0.4, -0.2) is 18.5 Å². The van der Waals surface area contributed by atoms with Crippen LogP contribution in [0.2, 0.25) is 0 Å². The summed E-state index contributed by atoms with van der Waals surface area (Å²) >= 11 is 0. The topological polar surface area (TPSA) is 68.5 Å². The highest BCUT2D eigenvalue weighted by molar-refractivity contribution is 5.98. The van der Waals surface area contributed by atoms with Gasteiger partial charge in [-0.3, -0.25) is 4.79 Å². The Morgan fingerprint density at radius 2 is 1.74 bits per heavy atom. The lowest BCUT2D eigenvalue weighted by Gasteiger charge is -2.09. The lowest BCUT2D eigenvalue weighted by molar-refractivity contribution is -0.137. The zero-order chi connectivity index (χ0) is 19.6. The summed E-state index contributed by atoms with van der Waals surface area (Å²) in [6, 6.07) is 11.0. The Hall–Kier alpha value is -3.29. The molecule has 0 aliphatic carbocycles. The normalized spacial score (nSPS) is 11.4. The van der Waals surface area contributed by atoms with Gasteiger partial charge in [-0.05, 0) is 37.3 Å². The maximum Gasteiger partial charge on any atom is 0.416 e. The molecule has 1 heterocycles. The molecular weight excluding hydrogens is 363 g/mol. The molecule has 0 aliphatic heterocycles. The van der Waals surface area contributed by atoms with E-state index in [4.69, 9.17) is 9.15 Å². The Morgan fingerprint density at radius 3 is 2.37 bits per heavy atom. The van der Waals surface area contributed by atoms with Crippen molar-refractivity contribution in [1.29, 1.82) is 0 Å². The number of rotatable bonds is 4. The Balaban J connectivity index is 1.60. The first-order valence-corrected chi connectivity index (χ1v) is 7.88. The molecule has 1 amide bonds. The van der Waals surface area contributed by atoms with Gasteiger partial charge in [-0.25, -0.2) is 4.79 Å². The first-order chi connectivity index (χ1) is 12.8. The van der Waals surface area contributed by atoms with E-state index in [0.29, 0.717) is 11.1 Å². The van der Waals surface area contributed by atoms with Crippen molar-refractivity contribution in [2.24, 2.45) is 0 Å². The first kappa shape index (κ1) is 18.5. The minimum absolute atomic E-state index is 0.00136. The van der Waals surface area contributed by atoms with Crippen molar-refractivity contribution in [3.63, 3.8) is 0 Å². The number of para-hydroxylation sites is 1. The Labute approximate surface area is 151 Å². The fourth-order valence-electron chi connectivity index (χ4n) is 2.51. The van der Waals surface area contributed by atoms with Crippen LogP contribution in [0.1, 0.15) is 21.7 Å². The summed E-state index contributed by atoms with van der Waals surface area (Å²) in [5.74, 6) is -1.48. The first-order valence-electron chi connectivity index (χ1n) is 7.88. The predicted molar refractivity (Wildman–Crippen MR) is 91.3 cm³/mol. The number of furan rings is 1. The van der Waals surface area contributed by atoms with Crippen molar-refractivity contribution in [3.05, 3.63) is 65.4 Å². The van der Waals surface area contributed by atoms with Crippen LogP contribution in [0.25, 0.3) is 11.0 Å². The quantitative estimate of drug-likeness (QED) is 0.677. The molecule has 1 aromatic heterocycles. The van der Waals surface area contributed by atoms with Crippen molar-refractivity contribution in [2.45, 2.75) is 13.1 Å². The zero-order valence-corrected chi connectivity index (χ0v) is 14.1. The standard InChI is InChI=1S/C19H14F3NO4/c1-11-14-4-2-3-5-15(14)27-17(11)18(25)26-10-16(24)23-13-8-6-12(7-9-13)19(20,21)22/h2-9H,10H2,1H3,(H,23,24). The summed E-state index contributed by atoms with van der Waals surface area (Å²) in [6.45, 7) is 1.10. The van der Waals surface area contributed by atoms with Crippen LogP contribution in [0.3, 0.4) is 0 Å². The molecule has 1 N–H and O–H groups in total. The van der Waals surface area contributed by atoms with Gasteiger partial charge in [0.1, 0.15) is 5.58 Å². The van der Waals surface area contributed by atoms with Gasteiger partial charge >= 0.3 is 12.1 Å². The zero-order valence-electron chi connectivity index (χ0n) is 14.1. The van der Waals surface area contributed by atoms with Crippen molar-refractivity contribution in [3.8, 4) is 0 Å². The van der Waals surface area contributed by atoms with Gasteiger partial charge in [0.2, 0.25) is 5.76 Å². The molecule has 0 radical (unpaired) electrons. The average Bonchev–Trinajstić information content (AvgIpc) is 2.97. The maximum atomic E-state index is 12.5. The fraction of sp³-hybridized carbons (Fsp3) is 0.158. The number of aryl methyl sites for hydroxylation is 1. The van der Waals surface area contributed by atoms with E-state index in [9.17, 15) is 22.8 Å². The Bertz CT molecular complexity index is 990. The number of hydrogen-bond donors (Lipinski definition) is 1. The van der Waals surface area contributed by atoms with Crippen molar-refractivity contribution < 1.29 is 31.9 Å². The number of carbonyl (C=O) groups is 2. The van der Waals surface area contributed by atoms with Crippen LogP contribution >= 0.6 is 0 Å². The van der Waals surface area contributed by atoms with Gasteiger partial charge in [0.25, 0.3) is 5.91 Å². The maximum absolute atomic E-state index is 12.5. The molecule has 0 saturated heterocycles. The molecule has 2 aromatic carbocycles. The molecule has 0 fully saturated rings. The van der Waals surface area contributed by atoms with Gasteiger partial charge in [-0.1, -0.05) is 18.2 Å². The molecule has 0 saturated carbocycles. The van der Waals surface area contributed by atoms with E-state index in [1.54, 1.807) is 31.2 Å². The van der Waals surface area contributed by atoms with Gasteiger partial charge in [0.15, 0.2) is 6.61 Å². The second-order valence-corrected chi connectivity index (χ2v) is 5.75. The molecule has 0 aliphatic rings. The number of ether oxygens (including phenoxy) is 1. The number of amides is 1. The summed E-state index contributed by atoms with van der Waals surface area (Å²) in [5.41, 5.74) is 0.450. The molecule has 27 heavy (non-hydrogen) atoms. The molecule has 0 atom stereocenters. The van der Waals surface area contributed by atoms with E-state index in [1.165, 1.54) is 0 Å². The number of halogens is 3. The summed E-state index contributed by atoms with van der Waals surface area (Å²) in [6.07, 6.45) is -4.46. The number of hydrogen-bond acceptors (Lipinski definition) is 4. The molecular formula is C19H14F3NO4. The number of nitrogens with one attached hydrogen (secondary N) is 1. The van der Waals surface area contributed by atoms with Gasteiger partial charge in [-0.15, -0.1) is 0 Å². The minimum Gasteiger partial charge on any atom is -0.450 e. The third kappa shape index (κ3) is 4.11. The SMILES string of the molecule is Cc1c(C(=O)OCC(=O)Nc2ccc(C(F)(F)F)cc2)oc2ccccc12. The summed E-state index contributed by atoms with van der Waals surface area (Å²) < 4.78 is 47.9. The third-order valence-electron chi connectivity index (χ3n) is 3.86. The fourth-order valence-corrected chi connectivity index (χ4v) is 2.51. The third-order valence-corrected chi connectivity index (χ3v) is 3.86. The highest BCUT2D eigenvalue weighted by Gasteiger charge is 2.30. The highest BCUT2D eigenvalue weighted by Crippen LogP contribution is 2.30. The molecule has 0 unspecified atom stereocenters. The molecule has 0 spiro atoms. The molecule has 8 heteroatoms. The van der Waals surface area contributed by atoms with E-state index in [2.05, 4.69) is 5.32 Å². The monoisotopic (exact) mass is 377 g/mol. The molecule has 5 nitrogen and oxygen atoms in total. The van der Waals surface area contributed by atoms with Gasteiger partial charge in [0, 0.05) is 16.6 Å². The molecule has 3 aromatic rings. The smallest absolute Gasteiger partial charge is 0.416 e. The molecule has 3 rings (SSSR count). The second kappa shape index (κ2) is 7.14. The summed E-state index contributed by atoms with van der Waals surface area (Å²) in [7, 11) is 0. The van der Waals surface area contributed by atoms with E-state index < -0.39 is 30.2 Å². The summed E-state index contributed by atoms with van der Waals surface area (Å²) in [5, 5.41) is 3.12. The largest absolute Gasteiger partial charge is 0.450 e. The predicted octanol–water partition coefficient (Wildman–Crippen LogP) is 4.56. The number of esters is 1. The van der Waals surface area contributed by atoms with Crippen LogP contribution in [-0.2, 0) is 15.7 Å². The van der Waals surface area contributed by atoms with Crippen molar-refractivity contribution in [2.75, 3.05) is 11.9 Å². The van der Waals surface area contributed by atoms with E-state index >= 15 is 0 Å². The number of alkyl halides is 3. The number of benzene rings is 2. The van der Waals surface area contributed by atoms with Crippen LogP contribution in [0.5, 0.6) is 0 Å². The Morgan fingerprint density at radius 1 is 1.07 bits per heavy atom. The van der Waals surface area contributed by atoms with Gasteiger partial charge < -0.3 is 14.5 Å². The highest BCUT2D eigenvalue weighted by atomic mass is 19.4. The van der Waals surface area contributed by atoms with Gasteiger partial charge in [0.05, 0.1) is 5.56 Å². The number of carbonyl (C=O) groups excluding carboxylic acids is 2. The van der Waals surface area contributed by atoms with Crippen molar-refractivity contribution >= 4 is 28.5 Å². The number of anilines is 1. The summed E-state index contributed by atoms with van der Waals surface area (Å²) in [4.78, 5) is 24.0. The van der Waals surface area contributed by atoms with Crippen molar-refractivity contribution in [1.82, 2.24) is 0 Å². The van der Waals surface area contributed by atoms with E-state index in [-0.39, 0.29) is 11.4 Å². The van der Waals surface area contributed by atoms with Crippen LogP contribution in [0.4, 0.5) is 18.9 Å². The molecule has 0 bridgehead atoms. The number of fused-ring (bicyclic) bond motifs is 1. The lowest BCUT2D eigenvalue weighted by atomic mass is 10.1. The lowest BCUT2D eigenvalue weighted by Crippen LogP contribution is -2.21. The van der Waals surface area contributed by atoms with Crippen LogP contribution in [0.15, 0.2) is 52.9 Å². The van der Waals surface area contributed by atoms with Gasteiger partial charge in [-0.2, -0.15) is 13.2 Å². The molecule has 140 valence electrons. The van der Waals surface area contributed by atoms with Crippen LogP contribution < -0.4 is 5.32 Å². The van der Waals surface area contributed by atoms with Crippen LogP contribution in [0, 0.1) is 6.92 Å². The average molecular weight is 377 g/mol.